The lowest BCUT2D eigenvalue weighted by Crippen LogP contribution is -2.04. The van der Waals surface area contributed by atoms with Crippen LogP contribution in [0.5, 0.6) is 0 Å². The number of carboxylic acids is 1. The van der Waals surface area contributed by atoms with Crippen LogP contribution in [0.3, 0.4) is 0 Å². The summed E-state index contributed by atoms with van der Waals surface area (Å²) in [6.45, 7) is 1.86. The van der Waals surface area contributed by atoms with E-state index in [1.54, 1.807) is 12.1 Å². The smallest absolute Gasteiger partial charge is 0.303 e. The zero-order valence-electron chi connectivity index (χ0n) is 8.40. The summed E-state index contributed by atoms with van der Waals surface area (Å²) in [5.41, 5.74) is 1.61. The number of hydrogen-bond donors (Lipinski definition) is 2. The van der Waals surface area contributed by atoms with E-state index in [2.05, 4.69) is 0 Å². The predicted molar refractivity (Wildman–Crippen MR) is 58.0 cm³/mol. The first-order chi connectivity index (χ1) is 7.00. The molecule has 0 aromatic heterocycles. The van der Waals surface area contributed by atoms with Gasteiger partial charge >= 0.3 is 5.97 Å². The molecule has 0 aliphatic rings. The zero-order chi connectivity index (χ0) is 11.4. The van der Waals surface area contributed by atoms with Crippen LogP contribution in [-0.4, -0.2) is 16.2 Å². The Kier molecular flexibility index (Phi) is 4.12. The van der Waals surface area contributed by atoms with E-state index < -0.39 is 12.1 Å². The third-order valence-electron chi connectivity index (χ3n) is 2.23. The zero-order valence-corrected chi connectivity index (χ0v) is 9.16. The number of benzene rings is 1. The van der Waals surface area contributed by atoms with E-state index in [-0.39, 0.29) is 12.8 Å². The Bertz CT molecular complexity index is 363. The molecule has 0 heterocycles. The third kappa shape index (κ3) is 3.53. The molecular weight excluding hydrogens is 216 g/mol. The lowest BCUT2D eigenvalue weighted by Gasteiger charge is -2.12. The summed E-state index contributed by atoms with van der Waals surface area (Å²) in [6.07, 6.45) is -0.608. The van der Waals surface area contributed by atoms with Crippen LogP contribution in [0.25, 0.3) is 0 Å². The molecule has 0 radical (unpaired) electrons. The fourth-order valence-electron chi connectivity index (χ4n) is 1.39. The Morgan fingerprint density at radius 2 is 2.20 bits per heavy atom. The second-order valence-corrected chi connectivity index (χ2v) is 3.89. The van der Waals surface area contributed by atoms with Crippen LogP contribution in [0.4, 0.5) is 0 Å². The number of aliphatic hydroxyl groups excluding tert-OH is 1. The average Bonchev–Trinajstić information content (AvgIpc) is 2.18. The van der Waals surface area contributed by atoms with Gasteiger partial charge in [-0.2, -0.15) is 0 Å². The fourth-order valence-corrected chi connectivity index (χ4v) is 1.57. The molecule has 0 bridgehead atoms. The van der Waals surface area contributed by atoms with Crippen LogP contribution in [0.15, 0.2) is 18.2 Å². The Labute approximate surface area is 93.3 Å². The molecule has 1 unspecified atom stereocenters. The van der Waals surface area contributed by atoms with Crippen molar-refractivity contribution in [1.82, 2.24) is 0 Å². The number of aliphatic hydroxyl groups is 1. The van der Waals surface area contributed by atoms with Gasteiger partial charge in [-0.15, -0.1) is 0 Å². The maximum Gasteiger partial charge on any atom is 0.303 e. The number of aliphatic carboxylic acids is 1. The van der Waals surface area contributed by atoms with Gasteiger partial charge in [-0.3, -0.25) is 4.79 Å². The second kappa shape index (κ2) is 5.14. The Morgan fingerprint density at radius 1 is 1.53 bits per heavy atom. The van der Waals surface area contributed by atoms with Gasteiger partial charge in [0.15, 0.2) is 0 Å². The van der Waals surface area contributed by atoms with Crippen LogP contribution in [0.2, 0.25) is 5.02 Å². The molecular formula is C11H13ClO3. The molecule has 82 valence electrons. The van der Waals surface area contributed by atoms with Gasteiger partial charge in [0.05, 0.1) is 6.10 Å². The van der Waals surface area contributed by atoms with E-state index in [0.29, 0.717) is 10.6 Å². The van der Waals surface area contributed by atoms with Crippen molar-refractivity contribution in [3.05, 3.63) is 34.3 Å². The van der Waals surface area contributed by atoms with Crippen molar-refractivity contribution in [2.45, 2.75) is 25.9 Å². The van der Waals surface area contributed by atoms with E-state index in [1.807, 2.05) is 13.0 Å². The number of halogens is 1. The van der Waals surface area contributed by atoms with E-state index in [4.69, 9.17) is 16.7 Å². The lowest BCUT2D eigenvalue weighted by molar-refractivity contribution is -0.137. The SMILES string of the molecule is Cc1ccc(Cl)cc1C(O)CCC(=O)O. The highest BCUT2D eigenvalue weighted by molar-refractivity contribution is 6.30. The predicted octanol–water partition coefficient (Wildman–Crippen LogP) is 2.55. The van der Waals surface area contributed by atoms with Gasteiger partial charge in [0.25, 0.3) is 0 Å². The van der Waals surface area contributed by atoms with Crippen molar-refractivity contribution in [1.29, 1.82) is 0 Å². The largest absolute Gasteiger partial charge is 0.481 e. The van der Waals surface area contributed by atoms with E-state index >= 15 is 0 Å². The van der Waals surface area contributed by atoms with Gasteiger partial charge in [0.2, 0.25) is 0 Å². The van der Waals surface area contributed by atoms with Crippen LogP contribution >= 0.6 is 11.6 Å². The second-order valence-electron chi connectivity index (χ2n) is 3.45. The molecule has 1 atom stereocenters. The van der Waals surface area contributed by atoms with Gasteiger partial charge in [-0.1, -0.05) is 17.7 Å². The van der Waals surface area contributed by atoms with Crippen LogP contribution in [-0.2, 0) is 4.79 Å². The summed E-state index contributed by atoms with van der Waals surface area (Å²) in [6, 6.07) is 5.22. The van der Waals surface area contributed by atoms with Gasteiger partial charge in [0.1, 0.15) is 0 Å². The molecule has 15 heavy (non-hydrogen) atoms. The molecule has 4 heteroatoms. The maximum absolute atomic E-state index is 10.3. The van der Waals surface area contributed by atoms with Crippen LogP contribution < -0.4 is 0 Å². The first kappa shape index (κ1) is 12.0. The quantitative estimate of drug-likeness (QED) is 0.833. The lowest BCUT2D eigenvalue weighted by atomic mass is 10.0. The van der Waals surface area contributed by atoms with E-state index in [9.17, 15) is 9.90 Å². The minimum atomic E-state index is -0.909. The molecule has 1 rings (SSSR count). The highest BCUT2D eigenvalue weighted by Gasteiger charge is 2.12. The third-order valence-corrected chi connectivity index (χ3v) is 2.47. The molecule has 3 nitrogen and oxygen atoms in total. The van der Waals surface area contributed by atoms with Crippen LogP contribution in [0, 0.1) is 6.92 Å². The summed E-state index contributed by atoms with van der Waals surface area (Å²) in [4.78, 5) is 10.3. The van der Waals surface area contributed by atoms with Crippen molar-refractivity contribution < 1.29 is 15.0 Å². The number of carbonyl (C=O) groups is 1. The number of hydrogen-bond acceptors (Lipinski definition) is 2. The summed E-state index contributed by atoms with van der Waals surface area (Å²) in [5.74, 6) is -0.909. The van der Waals surface area contributed by atoms with Crippen molar-refractivity contribution in [3.8, 4) is 0 Å². The Hall–Kier alpha value is -1.06. The van der Waals surface area contributed by atoms with Crippen LogP contribution in [0.1, 0.15) is 30.1 Å². The standard InChI is InChI=1S/C11H13ClO3/c1-7-2-3-8(12)6-9(7)10(13)4-5-11(14)15/h2-3,6,10,13H,4-5H2,1H3,(H,14,15). The fraction of sp³-hybridized carbons (Fsp3) is 0.364. The van der Waals surface area contributed by atoms with Crippen molar-refractivity contribution in [2.24, 2.45) is 0 Å². The van der Waals surface area contributed by atoms with Crippen molar-refractivity contribution >= 4 is 17.6 Å². The number of aryl methyl sites for hydroxylation is 1. The molecule has 0 aliphatic carbocycles. The Balaban J connectivity index is 2.76. The van der Waals surface area contributed by atoms with Crippen molar-refractivity contribution in [2.75, 3.05) is 0 Å². The molecule has 1 aromatic rings. The number of carboxylic acid groups (broad SMARTS) is 1. The monoisotopic (exact) mass is 228 g/mol. The Morgan fingerprint density at radius 3 is 2.80 bits per heavy atom. The molecule has 0 aliphatic heterocycles. The molecule has 2 N–H and O–H groups in total. The van der Waals surface area contributed by atoms with E-state index in [1.165, 1.54) is 0 Å². The first-order valence-corrected chi connectivity index (χ1v) is 5.04. The van der Waals surface area contributed by atoms with Gasteiger partial charge in [-0.25, -0.2) is 0 Å². The van der Waals surface area contributed by atoms with Gasteiger partial charge in [0, 0.05) is 11.4 Å². The average molecular weight is 229 g/mol. The highest BCUT2D eigenvalue weighted by Crippen LogP contribution is 2.24. The summed E-state index contributed by atoms with van der Waals surface area (Å²) >= 11 is 5.80. The van der Waals surface area contributed by atoms with Crippen molar-refractivity contribution in [3.63, 3.8) is 0 Å². The topological polar surface area (TPSA) is 57.5 Å². The molecule has 0 amide bonds. The molecule has 0 saturated carbocycles. The maximum atomic E-state index is 10.3. The summed E-state index contributed by atoms with van der Waals surface area (Å²) in [7, 11) is 0. The summed E-state index contributed by atoms with van der Waals surface area (Å²) < 4.78 is 0. The molecule has 0 fully saturated rings. The molecule has 0 spiro atoms. The number of rotatable bonds is 4. The molecule has 1 aromatic carbocycles. The first-order valence-electron chi connectivity index (χ1n) is 4.66. The minimum Gasteiger partial charge on any atom is -0.481 e. The summed E-state index contributed by atoms with van der Waals surface area (Å²) in [5, 5.41) is 18.8. The molecule has 0 saturated heterocycles. The normalized spacial score (nSPS) is 12.5. The van der Waals surface area contributed by atoms with Gasteiger partial charge < -0.3 is 10.2 Å². The van der Waals surface area contributed by atoms with E-state index in [0.717, 1.165) is 5.56 Å². The highest BCUT2D eigenvalue weighted by atomic mass is 35.5. The minimum absolute atomic E-state index is 0.0485. The van der Waals surface area contributed by atoms with Gasteiger partial charge in [-0.05, 0) is 36.6 Å².